The van der Waals surface area contributed by atoms with Gasteiger partial charge in [0.2, 0.25) is 0 Å². The average molecular weight is 315 g/mol. The summed E-state index contributed by atoms with van der Waals surface area (Å²) in [7, 11) is 0. The standard InChI is InChI=1S/C13H19BrN2S/c1-3-4-10-11(14)13(17)16-12(15-10)9-6-5-8(2)7-9/h8-9H,3-7H2,1-2H3,(H,15,16,17). The first-order valence-electron chi connectivity index (χ1n) is 6.40. The number of hydrogen-bond acceptors (Lipinski definition) is 2. The smallest absolute Gasteiger partial charge is 0.144 e. The summed E-state index contributed by atoms with van der Waals surface area (Å²) in [4.78, 5) is 8.04. The van der Waals surface area contributed by atoms with Crippen molar-refractivity contribution in [2.75, 3.05) is 0 Å². The molecule has 1 aromatic rings. The molecule has 2 atom stereocenters. The minimum atomic E-state index is 0.579. The summed E-state index contributed by atoms with van der Waals surface area (Å²) in [6.45, 7) is 4.50. The maximum absolute atomic E-state index is 5.33. The number of aromatic nitrogens is 2. The van der Waals surface area contributed by atoms with Crippen molar-refractivity contribution in [3.8, 4) is 0 Å². The molecule has 2 unspecified atom stereocenters. The maximum atomic E-state index is 5.33. The van der Waals surface area contributed by atoms with Gasteiger partial charge in [-0.05, 0) is 47.5 Å². The van der Waals surface area contributed by atoms with E-state index < -0.39 is 0 Å². The number of nitrogens with zero attached hydrogens (tertiary/aromatic N) is 1. The third-order valence-electron chi connectivity index (χ3n) is 3.54. The number of aryl methyl sites for hydroxylation is 1. The van der Waals surface area contributed by atoms with Gasteiger partial charge < -0.3 is 4.98 Å². The van der Waals surface area contributed by atoms with Gasteiger partial charge in [-0.3, -0.25) is 0 Å². The topological polar surface area (TPSA) is 28.7 Å². The molecule has 1 aliphatic carbocycles. The summed E-state index contributed by atoms with van der Waals surface area (Å²) in [5.41, 5.74) is 1.21. The third kappa shape index (κ3) is 2.97. The number of hydrogen-bond donors (Lipinski definition) is 1. The summed E-state index contributed by atoms with van der Waals surface area (Å²) in [5, 5.41) is 0. The first kappa shape index (κ1) is 13.2. The first-order chi connectivity index (χ1) is 8.11. The Morgan fingerprint density at radius 3 is 2.82 bits per heavy atom. The molecule has 1 aromatic heterocycles. The van der Waals surface area contributed by atoms with Gasteiger partial charge in [0.1, 0.15) is 10.5 Å². The van der Waals surface area contributed by atoms with Crippen LogP contribution in [0.15, 0.2) is 4.47 Å². The summed E-state index contributed by atoms with van der Waals surface area (Å²) in [5.74, 6) is 2.50. The molecule has 2 nitrogen and oxygen atoms in total. The van der Waals surface area contributed by atoms with Gasteiger partial charge >= 0.3 is 0 Å². The molecule has 0 amide bonds. The lowest BCUT2D eigenvalue weighted by Gasteiger charge is -2.12. The van der Waals surface area contributed by atoms with E-state index in [9.17, 15) is 0 Å². The van der Waals surface area contributed by atoms with Crippen LogP contribution in [0.25, 0.3) is 0 Å². The molecule has 0 aromatic carbocycles. The summed E-state index contributed by atoms with van der Waals surface area (Å²) in [6.07, 6.45) is 5.95. The van der Waals surface area contributed by atoms with Crippen molar-refractivity contribution >= 4 is 28.1 Å². The van der Waals surface area contributed by atoms with Crippen LogP contribution < -0.4 is 0 Å². The highest BCUT2D eigenvalue weighted by atomic mass is 79.9. The highest BCUT2D eigenvalue weighted by Crippen LogP contribution is 2.36. The zero-order valence-corrected chi connectivity index (χ0v) is 12.8. The van der Waals surface area contributed by atoms with E-state index in [1.165, 1.54) is 25.0 Å². The van der Waals surface area contributed by atoms with Crippen LogP contribution >= 0.6 is 28.1 Å². The van der Waals surface area contributed by atoms with Crippen molar-refractivity contribution in [2.45, 2.75) is 51.9 Å². The predicted molar refractivity (Wildman–Crippen MR) is 76.9 cm³/mol. The van der Waals surface area contributed by atoms with Gasteiger partial charge in [-0.25, -0.2) is 4.98 Å². The molecule has 1 N–H and O–H groups in total. The predicted octanol–water partition coefficient (Wildman–Crippen LogP) is 4.76. The Morgan fingerprint density at radius 1 is 1.47 bits per heavy atom. The van der Waals surface area contributed by atoms with Crippen LogP contribution in [-0.2, 0) is 6.42 Å². The molecule has 4 heteroatoms. The second kappa shape index (κ2) is 5.61. The molecule has 17 heavy (non-hydrogen) atoms. The number of rotatable bonds is 3. The molecular weight excluding hydrogens is 296 g/mol. The van der Waals surface area contributed by atoms with Crippen LogP contribution in [0.5, 0.6) is 0 Å². The van der Waals surface area contributed by atoms with Crippen LogP contribution in [0.4, 0.5) is 0 Å². The lowest BCUT2D eigenvalue weighted by Crippen LogP contribution is -2.05. The Labute approximate surface area is 116 Å². The lowest BCUT2D eigenvalue weighted by molar-refractivity contribution is 0.582. The third-order valence-corrected chi connectivity index (χ3v) is 4.95. The van der Waals surface area contributed by atoms with Crippen LogP contribution in [0, 0.1) is 10.6 Å². The number of aromatic amines is 1. The molecular formula is C13H19BrN2S. The van der Waals surface area contributed by atoms with Crippen molar-refractivity contribution in [3.05, 3.63) is 20.6 Å². The molecule has 0 radical (unpaired) electrons. The van der Waals surface area contributed by atoms with Gasteiger partial charge in [-0.1, -0.05) is 32.5 Å². The van der Waals surface area contributed by atoms with Crippen LogP contribution in [0.1, 0.15) is 57.0 Å². The maximum Gasteiger partial charge on any atom is 0.144 e. The molecule has 1 saturated carbocycles. The summed E-state index contributed by atoms with van der Waals surface area (Å²) >= 11 is 8.87. The largest absolute Gasteiger partial charge is 0.346 e. The van der Waals surface area contributed by atoms with E-state index in [1.807, 2.05) is 0 Å². The zero-order chi connectivity index (χ0) is 12.4. The van der Waals surface area contributed by atoms with E-state index in [0.29, 0.717) is 10.6 Å². The molecule has 1 heterocycles. The highest BCUT2D eigenvalue weighted by molar-refractivity contribution is 9.10. The number of halogens is 1. The van der Waals surface area contributed by atoms with Crippen LogP contribution in [0.2, 0.25) is 0 Å². The zero-order valence-electron chi connectivity index (χ0n) is 10.4. The van der Waals surface area contributed by atoms with E-state index in [2.05, 4.69) is 39.7 Å². The van der Waals surface area contributed by atoms with Gasteiger partial charge in [0.05, 0.1) is 4.47 Å². The second-order valence-corrected chi connectivity index (χ2v) is 6.26. The van der Waals surface area contributed by atoms with E-state index >= 15 is 0 Å². The van der Waals surface area contributed by atoms with Crippen molar-refractivity contribution in [1.82, 2.24) is 9.97 Å². The van der Waals surface area contributed by atoms with Gasteiger partial charge in [-0.2, -0.15) is 0 Å². The quantitative estimate of drug-likeness (QED) is 0.815. The SMILES string of the molecule is CCCc1[nH]c(C2CCC(C)C2)nc(=S)c1Br. The van der Waals surface area contributed by atoms with Crippen molar-refractivity contribution < 1.29 is 0 Å². The molecule has 2 rings (SSSR count). The van der Waals surface area contributed by atoms with Gasteiger partial charge in [0, 0.05) is 11.6 Å². The Kier molecular flexibility index (Phi) is 4.36. The van der Waals surface area contributed by atoms with Crippen LogP contribution in [0.3, 0.4) is 0 Å². The number of nitrogens with one attached hydrogen (secondary N) is 1. The Balaban J connectivity index is 2.32. The fraction of sp³-hybridized carbons (Fsp3) is 0.692. The van der Waals surface area contributed by atoms with Crippen molar-refractivity contribution in [1.29, 1.82) is 0 Å². The van der Waals surface area contributed by atoms with Crippen LogP contribution in [-0.4, -0.2) is 9.97 Å². The summed E-state index contributed by atoms with van der Waals surface area (Å²) < 4.78 is 1.69. The molecule has 0 aliphatic heterocycles. The minimum Gasteiger partial charge on any atom is -0.346 e. The monoisotopic (exact) mass is 314 g/mol. The average Bonchev–Trinajstić information content (AvgIpc) is 2.71. The normalized spacial score (nSPS) is 24.2. The van der Waals surface area contributed by atoms with E-state index in [1.54, 1.807) is 0 Å². The van der Waals surface area contributed by atoms with E-state index in [4.69, 9.17) is 12.2 Å². The van der Waals surface area contributed by atoms with Gasteiger partial charge in [-0.15, -0.1) is 0 Å². The Morgan fingerprint density at radius 2 is 2.24 bits per heavy atom. The molecule has 0 bridgehead atoms. The van der Waals surface area contributed by atoms with E-state index in [0.717, 1.165) is 29.1 Å². The fourth-order valence-electron chi connectivity index (χ4n) is 2.60. The number of H-pyrrole nitrogens is 1. The highest BCUT2D eigenvalue weighted by Gasteiger charge is 2.25. The Bertz CT molecular complexity index is 455. The summed E-state index contributed by atoms with van der Waals surface area (Å²) in [6, 6.07) is 0. The Hall–Kier alpha value is -0.220. The molecule has 0 spiro atoms. The molecule has 1 aliphatic rings. The lowest BCUT2D eigenvalue weighted by atomic mass is 10.1. The minimum absolute atomic E-state index is 0.579. The second-order valence-electron chi connectivity index (χ2n) is 5.08. The fourth-order valence-corrected chi connectivity index (χ4v) is 3.20. The molecule has 1 fully saturated rings. The first-order valence-corrected chi connectivity index (χ1v) is 7.60. The van der Waals surface area contributed by atoms with E-state index in [-0.39, 0.29) is 0 Å². The van der Waals surface area contributed by atoms with Crippen molar-refractivity contribution in [2.24, 2.45) is 5.92 Å². The van der Waals surface area contributed by atoms with Gasteiger partial charge in [0.15, 0.2) is 0 Å². The molecule has 94 valence electrons. The molecule has 0 saturated heterocycles. The van der Waals surface area contributed by atoms with Gasteiger partial charge in [0.25, 0.3) is 0 Å². The van der Waals surface area contributed by atoms with Crippen molar-refractivity contribution in [3.63, 3.8) is 0 Å².